The Morgan fingerprint density at radius 2 is 1.89 bits per heavy atom. The van der Waals surface area contributed by atoms with Crippen molar-refractivity contribution in [3.05, 3.63) is 23.5 Å². The summed E-state index contributed by atoms with van der Waals surface area (Å²) in [6.45, 7) is 1.12. The third kappa shape index (κ3) is 4.89. The maximum absolute atomic E-state index is 13.2. The van der Waals surface area contributed by atoms with E-state index in [2.05, 4.69) is 9.72 Å². The SMILES string of the molecule is CCCCOC(=O)C(O)(C(=O)Nc1cnc(C#N)c(C(F)(F)F)c1)C(F)(F)F. The fraction of sp³-hybridized carbons (Fsp3) is 0.467. The largest absolute Gasteiger partial charge is 0.463 e. The number of alkyl halides is 6. The van der Waals surface area contributed by atoms with Gasteiger partial charge in [-0.25, -0.2) is 9.78 Å². The average Bonchev–Trinajstić information content (AvgIpc) is 2.59. The van der Waals surface area contributed by atoms with E-state index >= 15 is 0 Å². The van der Waals surface area contributed by atoms with Crippen molar-refractivity contribution in [2.75, 3.05) is 11.9 Å². The van der Waals surface area contributed by atoms with Crippen molar-refractivity contribution in [2.24, 2.45) is 0 Å². The smallest absolute Gasteiger partial charge is 0.437 e. The number of hydrogen-bond donors (Lipinski definition) is 2. The number of nitrogens with one attached hydrogen (secondary N) is 1. The van der Waals surface area contributed by atoms with E-state index < -0.39 is 53.4 Å². The number of esters is 1. The van der Waals surface area contributed by atoms with Crippen molar-refractivity contribution in [2.45, 2.75) is 37.7 Å². The number of nitriles is 1. The summed E-state index contributed by atoms with van der Waals surface area (Å²) in [6, 6.07) is 1.28. The lowest BCUT2D eigenvalue weighted by atomic mass is 10.0. The Labute approximate surface area is 153 Å². The summed E-state index contributed by atoms with van der Waals surface area (Å²) in [5.41, 5.74) is -8.31. The lowest BCUT2D eigenvalue weighted by Gasteiger charge is -2.27. The van der Waals surface area contributed by atoms with Crippen molar-refractivity contribution in [1.29, 1.82) is 5.26 Å². The molecular weight excluding hydrogens is 400 g/mol. The van der Waals surface area contributed by atoms with E-state index in [-0.39, 0.29) is 12.5 Å². The fourth-order valence-electron chi connectivity index (χ4n) is 1.81. The number of carbonyl (C=O) groups is 2. The molecule has 1 unspecified atom stereocenters. The first-order valence-electron chi connectivity index (χ1n) is 7.54. The molecule has 0 spiro atoms. The number of amides is 1. The molecule has 0 aromatic carbocycles. The zero-order chi connectivity index (χ0) is 21.8. The van der Waals surface area contributed by atoms with Gasteiger partial charge >= 0.3 is 23.9 Å². The summed E-state index contributed by atoms with van der Waals surface area (Å²) in [5.74, 6) is -4.72. The van der Waals surface area contributed by atoms with Gasteiger partial charge in [-0.1, -0.05) is 13.3 Å². The van der Waals surface area contributed by atoms with Gasteiger partial charge in [0, 0.05) is 0 Å². The van der Waals surface area contributed by atoms with E-state index in [1.807, 2.05) is 0 Å². The molecule has 1 aromatic rings. The van der Waals surface area contributed by atoms with Crippen molar-refractivity contribution in [1.82, 2.24) is 4.98 Å². The lowest BCUT2D eigenvalue weighted by molar-refractivity contribution is -0.253. The molecule has 7 nitrogen and oxygen atoms in total. The highest BCUT2D eigenvalue weighted by Crippen LogP contribution is 2.35. The molecule has 0 saturated carbocycles. The third-order valence-electron chi connectivity index (χ3n) is 3.32. The quantitative estimate of drug-likeness (QED) is 0.321. The van der Waals surface area contributed by atoms with Gasteiger partial charge in [0.1, 0.15) is 6.07 Å². The van der Waals surface area contributed by atoms with Crippen LogP contribution >= 0.6 is 0 Å². The molecule has 1 heterocycles. The van der Waals surface area contributed by atoms with Crippen LogP contribution in [0.3, 0.4) is 0 Å². The molecule has 0 fully saturated rings. The minimum absolute atomic E-state index is 0.142. The van der Waals surface area contributed by atoms with E-state index in [4.69, 9.17) is 5.26 Å². The van der Waals surface area contributed by atoms with Crippen LogP contribution in [-0.4, -0.2) is 40.4 Å². The molecule has 1 aromatic heterocycles. The molecule has 0 radical (unpaired) electrons. The van der Waals surface area contributed by atoms with Gasteiger partial charge in [-0.05, 0) is 12.5 Å². The standard InChI is InChI=1S/C15H13F6N3O4/c1-2-3-4-28-12(26)13(27,15(19,20)21)11(25)24-8-5-9(14(16,17)18)10(6-22)23-7-8/h5,7,27H,2-4H2,1H3,(H,24,25). The highest BCUT2D eigenvalue weighted by Gasteiger charge is 2.66. The molecule has 0 aliphatic heterocycles. The van der Waals surface area contributed by atoms with Crippen molar-refractivity contribution in [3.8, 4) is 6.07 Å². The molecule has 1 rings (SSSR count). The third-order valence-corrected chi connectivity index (χ3v) is 3.32. The molecule has 0 aliphatic rings. The van der Waals surface area contributed by atoms with Crippen LogP contribution in [0.5, 0.6) is 0 Å². The molecule has 0 aliphatic carbocycles. The van der Waals surface area contributed by atoms with Crippen LogP contribution in [-0.2, 0) is 20.5 Å². The topological polar surface area (TPSA) is 112 Å². The molecule has 0 bridgehead atoms. The molecule has 13 heteroatoms. The number of unbranched alkanes of at least 4 members (excludes halogenated alkanes) is 1. The minimum Gasteiger partial charge on any atom is -0.463 e. The number of pyridine rings is 1. The number of halogens is 6. The first kappa shape index (κ1) is 23.2. The first-order valence-corrected chi connectivity index (χ1v) is 7.54. The van der Waals surface area contributed by atoms with Crippen LogP contribution in [0.4, 0.5) is 32.0 Å². The number of aliphatic hydroxyl groups is 1. The summed E-state index contributed by atoms with van der Waals surface area (Å²) in [7, 11) is 0. The van der Waals surface area contributed by atoms with Gasteiger partial charge < -0.3 is 15.2 Å². The number of ether oxygens (including phenoxy) is 1. The highest BCUT2D eigenvalue weighted by molar-refractivity contribution is 6.12. The number of carbonyl (C=O) groups excluding carboxylic acids is 2. The number of rotatable bonds is 6. The molecule has 2 N–H and O–H groups in total. The second kappa shape index (κ2) is 8.42. The lowest BCUT2D eigenvalue weighted by Crippen LogP contribution is -2.61. The Kier molecular flexibility index (Phi) is 6.97. The normalized spacial score (nSPS) is 14.0. The molecule has 154 valence electrons. The first-order chi connectivity index (χ1) is 12.8. The van der Waals surface area contributed by atoms with Crippen LogP contribution in [0.25, 0.3) is 0 Å². The van der Waals surface area contributed by atoms with Crippen LogP contribution in [0.15, 0.2) is 12.3 Å². The second-order valence-electron chi connectivity index (χ2n) is 5.38. The van der Waals surface area contributed by atoms with Crippen molar-refractivity contribution >= 4 is 17.6 Å². The van der Waals surface area contributed by atoms with Crippen LogP contribution in [0.2, 0.25) is 0 Å². The maximum Gasteiger partial charge on any atom is 0.437 e. The average molecular weight is 413 g/mol. The molecular formula is C15H13F6N3O4. The maximum atomic E-state index is 13.2. The van der Waals surface area contributed by atoms with Gasteiger partial charge in [0.2, 0.25) is 0 Å². The minimum atomic E-state index is -5.83. The van der Waals surface area contributed by atoms with Gasteiger partial charge in [0.25, 0.3) is 5.91 Å². The van der Waals surface area contributed by atoms with Crippen LogP contribution < -0.4 is 5.32 Å². The summed E-state index contributed by atoms with van der Waals surface area (Å²) in [4.78, 5) is 26.7. The molecule has 28 heavy (non-hydrogen) atoms. The zero-order valence-corrected chi connectivity index (χ0v) is 14.1. The molecule has 1 atom stereocenters. The fourth-order valence-corrected chi connectivity index (χ4v) is 1.81. The van der Waals surface area contributed by atoms with Gasteiger partial charge in [0.05, 0.1) is 24.1 Å². The number of hydrogen-bond acceptors (Lipinski definition) is 6. The van der Waals surface area contributed by atoms with E-state index in [1.54, 1.807) is 6.92 Å². The number of aromatic nitrogens is 1. The van der Waals surface area contributed by atoms with Gasteiger partial charge in [0.15, 0.2) is 5.69 Å². The number of anilines is 1. The highest BCUT2D eigenvalue weighted by atomic mass is 19.4. The van der Waals surface area contributed by atoms with E-state index in [1.165, 1.54) is 5.32 Å². The summed E-state index contributed by atoms with van der Waals surface area (Å²) >= 11 is 0. The second-order valence-corrected chi connectivity index (χ2v) is 5.38. The van der Waals surface area contributed by atoms with Crippen molar-refractivity contribution < 1.29 is 45.8 Å². The Bertz CT molecular complexity index is 787. The Morgan fingerprint density at radius 3 is 2.36 bits per heavy atom. The molecule has 0 saturated heterocycles. The summed E-state index contributed by atoms with van der Waals surface area (Å²) < 4.78 is 82.3. The predicted molar refractivity (Wildman–Crippen MR) is 79.5 cm³/mol. The predicted octanol–water partition coefficient (Wildman–Crippen LogP) is 2.55. The van der Waals surface area contributed by atoms with E-state index in [0.717, 1.165) is 6.07 Å². The van der Waals surface area contributed by atoms with Crippen LogP contribution in [0.1, 0.15) is 31.0 Å². The van der Waals surface area contributed by atoms with E-state index in [0.29, 0.717) is 12.6 Å². The molecule has 1 amide bonds. The summed E-state index contributed by atoms with van der Waals surface area (Å²) in [6.07, 6.45) is -9.88. The van der Waals surface area contributed by atoms with E-state index in [9.17, 15) is 41.0 Å². The summed E-state index contributed by atoms with van der Waals surface area (Å²) in [5, 5.41) is 19.6. The monoisotopic (exact) mass is 413 g/mol. The van der Waals surface area contributed by atoms with Gasteiger partial charge in [-0.15, -0.1) is 0 Å². The van der Waals surface area contributed by atoms with Gasteiger partial charge in [-0.3, -0.25) is 4.79 Å². The van der Waals surface area contributed by atoms with Crippen molar-refractivity contribution in [3.63, 3.8) is 0 Å². The Morgan fingerprint density at radius 1 is 1.29 bits per heavy atom. The van der Waals surface area contributed by atoms with Gasteiger partial charge in [-0.2, -0.15) is 31.6 Å². The number of nitrogens with zero attached hydrogens (tertiary/aromatic N) is 2. The Balaban J connectivity index is 3.23. The van der Waals surface area contributed by atoms with Crippen LogP contribution in [0, 0.1) is 11.3 Å². The zero-order valence-electron chi connectivity index (χ0n) is 14.1. The Hall–Kier alpha value is -2.88.